The Morgan fingerprint density at radius 2 is 1.94 bits per heavy atom. The van der Waals surface area contributed by atoms with Gasteiger partial charge in [0.25, 0.3) is 0 Å². The number of pyridine rings is 1. The molecule has 2 heterocycles. The van der Waals surface area contributed by atoms with Crippen molar-refractivity contribution < 1.29 is 27.9 Å². The van der Waals surface area contributed by atoms with Gasteiger partial charge >= 0.3 is 12.1 Å². The maximum absolute atomic E-state index is 14.9. The van der Waals surface area contributed by atoms with Crippen LogP contribution < -0.4 is 10.7 Å². The second kappa shape index (κ2) is 9.77. The van der Waals surface area contributed by atoms with Crippen LogP contribution in [-0.2, 0) is 0 Å². The molecule has 0 radical (unpaired) electrons. The second-order valence-electron chi connectivity index (χ2n) is 6.81. The molecule has 9 nitrogen and oxygen atoms in total. The molecule has 3 rings (SSSR count). The summed E-state index contributed by atoms with van der Waals surface area (Å²) in [7, 11) is 0. The maximum atomic E-state index is 14.9. The summed E-state index contributed by atoms with van der Waals surface area (Å²) < 4.78 is 44.0. The quantitative estimate of drug-likeness (QED) is 0.470. The highest BCUT2D eigenvalue weighted by atomic mass is 35.5. The highest BCUT2D eigenvalue weighted by Gasteiger charge is 2.22. The number of hydrazine groups is 1. The standard InChI is InChI=1S/C20H18ClF3N6O3/c1-3-29(28-20(32)33)19(31)27-10(2)17-15(23)4-11(7-25-17)14-5-12(21)6-16(24)18(14)30-9-13(22)8-26-30/h4-10,28H,3H2,1-2H3,(H,27,31)(H,32,33). The SMILES string of the molecule is CCN(NC(=O)O)C(=O)NC(C)c1ncc(-c2cc(Cl)cc(F)c2-n2cc(F)cn2)cc1F. The van der Waals surface area contributed by atoms with Gasteiger partial charge in [-0.1, -0.05) is 11.6 Å². The summed E-state index contributed by atoms with van der Waals surface area (Å²) in [5, 5.41) is 15.8. The number of halogens is 4. The lowest BCUT2D eigenvalue weighted by Gasteiger charge is -2.23. The van der Waals surface area contributed by atoms with Gasteiger partial charge in [0.15, 0.2) is 11.6 Å². The van der Waals surface area contributed by atoms with Crippen LogP contribution in [0.5, 0.6) is 0 Å². The molecule has 0 saturated heterocycles. The molecule has 3 aromatic rings. The summed E-state index contributed by atoms with van der Waals surface area (Å²) in [6, 6.07) is 1.69. The average Bonchev–Trinajstić information content (AvgIpc) is 3.16. The van der Waals surface area contributed by atoms with Crippen LogP contribution in [0, 0.1) is 17.5 Å². The number of hydrogen-bond acceptors (Lipinski definition) is 4. The molecule has 1 aromatic carbocycles. The molecule has 0 bridgehead atoms. The lowest BCUT2D eigenvalue weighted by atomic mass is 10.0. The third-order valence-corrected chi connectivity index (χ3v) is 4.75. The molecule has 0 saturated carbocycles. The van der Waals surface area contributed by atoms with Crippen molar-refractivity contribution in [3.05, 3.63) is 65.0 Å². The number of rotatable bonds is 5. The van der Waals surface area contributed by atoms with Crippen LogP contribution in [0.1, 0.15) is 25.6 Å². The number of aromatic nitrogens is 3. The topological polar surface area (TPSA) is 112 Å². The molecule has 0 spiro atoms. The van der Waals surface area contributed by atoms with Crippen molar-refractivity contribution in [1.29, 1.82) is 0 Å². The van der Waals surface area contributed by atoms with Crippen molar-refractivity contribution in [2.75, 3.05) is 6.54 Å². The van der Waals surface area contributed by atoms with Gasteiger partial charge in [-0.3, -0.25) is 4.98 Å². The molecule has 174 valence electrons. The van der Waals surface area contributed by atoms with E-state index in [1.165, 1.54) is 19.2 Å². The van der Waals surface area contributed by atoms with E-state index in [1.54, 1.807) is 6.92 Å². The van der Waals surface area contributed by atoms with Crippen LogP contribution in [0.15, 0.2) is 36.8 Å². The summed E-state index contributed by atoms with van der Waals surface area (Å²) in [5.41, 5.74) is 1.85. The molecule has 0 aliphatic rings. The normalized spacial score (nSPS) is 11.7. The van der Waals surface area contributed by atoms with Gasteiger partial charge in [0.05, 0.1) is 24.1 Å². The number of nitrogens with zero attached hydrogens (tertiary/aromatic N) is 4. The molecule has 3 N–H and O–H groups in total. The lowest BCUT2D eigenvalue weighted by Crippen LogP contribution is -2.50. The molecule has 0 fully saturated rings. The lowest BCUT2D eigenvalue weighted by molar-refractivity contribution is 0.143. The number of carboxylic acid groups (broad SMARTS) is 1. The molecular formula is C20H18ClF3N6O3. The van der Waals surface area contributed by atoms with Gasteiger partial charge in [0.2, 0.25) is 0 Å². The van der Waals surface area contributed by atoms with Gasteiger partial charge in [-0.15, -0.1) is 0 Å². The molecule has 13 heteroatoms. The summed E-state index contributed by atoms with van der Waals surface area (Å²) in [5.74, 6) is -2.33. The van der Waals surface area contributed by atoms with Gasteiger partial charge in [0.1, 0.15) is 11.5 Å². The monoisotopic (exact) mass is 482 g/mol. The molecule has 1 unspecified atom stereocenters. The van der Waals surface area contributed by atoms with Crippen molar-refractivity contribution in [3.8, 4) is 16.8 Å². The molecule has 0 aliphatic heterocycles. The first-order chi connectivity index (χ1) is 15.6. The third-order valence-electron chi connectivity index (χ3n) is 4.53. The van der Waals surface area contributed by atoms with Crippen LogP contribution in [-0.4, -0.2) is 43.5 Å². The Bertz CT molecular complexity index is 1210. The van der Waals surface area contributed by atoms with Gasteiger partial charge in [-0.2, -0.15) is 5.10 Å². The fourth-order valence-electron chi connectivity index (χ4n) is 3.08. The van der Waals surface area contributed by atoms with Crippen LogP contribution in [0.4, 0.5) is 22.8 Å². The second-order valence-corrected chi connectivity index (χ2v) is 7.25. The molecule has 2 aromatic heterocycles. The summed E-state index contributed by atoms with van der Waals surface area (Å²) in [6.45, 7) is 3.02. The van der Waals surface area contributed by atoms with Crippen molar-refractivity contribution in [2.24, 2.45) is 0 Å². The largest absolute Gasteiger partial charge is 0.464 e. The molecular weight excluding hydrogens is 465 g/mol. The highest BCUT2D eigenvalue weighted by molar-refractivity contribution is 6.31. The van der Waals surface area contributed by atoms with E-state index in [0.29, 0.717) is 0 Å². The number of amides is 3. The number of nitrogens with one attached hydrogen (secondary N) is 2. The van der Waals surface area contributed by atoms with Gasteiger partial charge in [0, 0.05) is 28.9 Å². The van der Waals surface area contributed by atoms with Crippen molar-refractivity contribution >= 4 is 23.7 Å². The van der Waals surface area contributed by atoms with Gasteiger partial charge in [-0.05, 0) is 32.0 Å². The smallest absolute Gasteiger partial charge is 0.423 e. The first-order valence-electron chi connectivity index (χ1n) is 9.53. The van der Waals surface area contributed by atoms with Crippen LogP contribution in [0.3, 0.4) is 0 Å². The number of benzene rings is 1. The van der Waals surface area contributed by atoms with Crippen LogP contribution in [0.2, 0.25) is 5.02 Å². The minimum atomic E-state index is -1.44. The van der Waals surface area contributed by atoms with E-state index < -0.39 is 35.6 Å². The van der Waals surface area contributed by atoms with E-state index in [-0.39, 0.29) is 34.1 Å². The minimum Gasteiger partial charge on any atom is -0.464 e. The maximum Gasteiger partial charge on any atom is 0.423 e. The Balaban J connectivity index is 1.93. The third kappa shape index (κ3) is 5.34. The number of carbonyl (C=O) groups is 2. The number of carbonyl (C=O) groups excluding carboxylic acids is 1. The van der Waals surface area contributed by atoms with E-state index in [9.17, 15) is 22.8 Å². The zero-order valence-electron chi connectivity index (χ0n) is 17.3. The Hall–Kier alpha value is -3.80. The predicted octanol–water partition coefficient (Wildman–Crippen LogP) is 4.28. The van der Waals surface area contributed by atoms with E-state index in [1.807, 2.05) is 5.43 Å². The van der Waals surface area contributed by atoms with E-state index in [4.69, 9.17) is 16.7 Å². The fourth-order valence-corrected chi connectivity index (χ4v) is 3.28. The molecule has 33 heavy (non-hydrogen) atoms. The van der Waals surface area contributed by atoms with E-state index in [2.05, 4.69) is 15.4 Å². The summed E-state index contributed by atoms with van der Waals surface area (Å²) in [4.78, 5) is 27.0. The number of urea groups is 1. The van der Waals surface area contributed by atoms with E-state index >= 15 is 0 Å². The van der Waals surface area contributed by atoms with Gasteiger partial charge < -0.3 is 10.4 Å². The van der Waals surface area contributed by atoms with Crippen molar-refractivity contribution in [3.63, 3.8) is 0 Å². The Kier molecular flexibility index (Phi) is 7.07. The molecule has 0 aliphatic carbocycles. The first-order valence-corrected chi connectivity index (χ1v) is 9.91. The van der Waals surface area contributed by atoms with E-state index in [0.717, 1.165) is 34.2 Å². The minimum absolute atomic E-state index is 0.0228. The van der Waals surface area contributed by atoms with Crippen molar-refractivity contribution in [1.82, 2.24) is 30.5 Å². The zero-order chi connectivity index (χ0) is 24.3. The predicted molar refractivity (Wildman–Crippen MR) is 112 cm³/mol. The average molecular weight is 483 g/mol. The van der Waals surface area contributed by atoms with Crippen LogP contribution in [0.25, 0.3) is 16.8 Å². The van der Waals surface area contributed by atoms with Gasteiger partial charge in [-0.25, -0.2) is 37.9 Å². The molecule has 3 amide bonds. The Morgan fingerprint density at radius 1 is 1.21 bits per heavy atom. The highest BCUT2D eigenvalue weighted by Crippen LogP contribution is 2.33. The zero-order valence-corrected chi connectivity index (χ0v) is 18.1. The number of hydrogen-bond donors (Lipinski definition) is 3. The van der Waals surface area contributed by atoms with Crippen LogP contribution >= 0.6 is 11.6 Å². The fraction of sp³-hybridized carbons (Fsp3) is 0.200. The summed E-state index contributed by atoms with van der Waals surface area (Å²) in [6.07, 6.45) is 1.65. The summed E-state index contributed by atoms with van der Waals surface area (Å²) >= 11 is 5.97. The van der Waals surface area contributed by atoms with Crippen molar-refractivity contribution in [2.45, 2.75) is 19.9 Å². The Morgan fingerprint density at radius 3 is 2.52 bits per heavy atom. The molecule has 1 atom stereocenters. The first kappa shape index (κ1) is 23.9. The Labute approximate surface area is 190 Å².